The van der Waals surface area contributed by atoms with Gasteiger partial charge in [-0.1, -0.05) is 29.8 Å². The number of aryl methyl sites for hydroxylation is 2. The summed E-state index contributed by atoms with van der Waals surface area (Å²) >= 11 is 1.89. The minimum absolute atomic E-state index is 0.429. The molecule has 1 atom stereocenters. The van der Waals surface area contributed by atoms with E-state index in [-0.39, 0.29) is 0 Å². The van der Waals surface area contributed by atoms with Crippen LogP contribution in [0, 0.1) is 13.8 Å². The zero-order valence-electron chi connectivity index (χ0n) is 10.9. The molecule has 1 nitrogen and oxygen atoms in total. The molecule has 1 heterocycles. The second kappa shape index (κ2) is 5.03. The number of hydrogen-bond donors (Lipinski definition) is 1. The van der Waals surface area contributed by atoms with Crippen LogP contribution in [0.1, 0.15) is 29.0 Å². The van der Waals surface area contributed by atoms with Gasteiger partial charge in [0.1, 0.15) is 0 Å². The van der Waals surface area contributed by atoms with Gasteiger partial charge >= 0.3 is 0 Å². The molecule has 0 aliphatic rings. The van der Waals surface area contributed by atoms with Crippen molar-refractivity contribution in [2.24, 2.45) is 0 Å². The summed E-state index contributed by atoms with van der Waals surface area (Å²) in [6, 6.07) is 11.5. The van der Waals surface area contributed by atoms with Crippen molar-refractivity contribution in [3.8, 4) is 10.4 Å². The van der Waals surface area contributed by atoms with Crippen molar-refractivity contribution in [1.82, 2.24) is 5.32 Å². The van der Waals surface area contributed by atoms with E-state index < -0.39 is 0 Å². The van der Waals surface area contributed by atoms with Gasteiger partial charge in [-0.2, -0.15) is 0 Å². The molecular formula is C15H19NS. The summed E-state index contributed by atoms with van der Waals surface area (Å²) in [6.07, 6.45) is 0. The Bertz CT molecular complexity index is 496. The van der Waals surface area contributed by atoms with E-state index in [1.807, 2.05) is 18.4 Å². The van der Waals surface area contributed by atoms with E-state index in [9.17, 15) is 0 Å². The smallest absolute Gasteiger partial charge is 0.0383 e. The van der Waals surface area contributed by atoms with Crippen LogP contribution in [-0.2, 0) is 0 Å². The van der Waals surface area contributed by atoms with Crippen molar-refractivity contribution in [3.05, 3.63) is 46.3 Å². The van der Waals surface area contributed by atoms with E-state index in [2.05, 4.69) is 56.4 Å². The molecule has 90 valence electrons. The topological polar surface area (TPSA) is 12.0 Å². The third-order valence-electron chi connectivity index (χ3n) is 3.11. The van der Waals surface area contributed by atoms with E-state index in [1.54, 1.807) is 0 Å². The molecule has 2 rings (SSSR count). The average Bonchev–Trinajstić information content (AvgIpc) is 2.71. The lowest BCUT2D eigenvalue weighted by Gasteiger charge is -2.05. The Morgan fingerprint density at radius 1 is 1.12 bits per heavy atom. The van der Waals surface area contributed by atoms with Crippen LogP contribution in [0.3, 0.4) is 0 Å². The lowest BCUT2D eigenvalue weighted by molar-refractivity contribution is 0.664. The van der Waals surface area contributed by atoms with Gasteiger partial charge in [-0.25, -0.2) is 0 Å². The van der Waals surface area contributed by atoms with Gasteiger partial charge in [0.2, 0.25) is 0 Å². The number of benzene rings is 1. The molecular weight excluding hydrogens is 226 g/mol. The van der Waals surface area contributed by atoms with Crippen molar-refractivity contribution in [2.45, 2.75) is 26.8 Å². The minimum atomic E-state index is 0.429. The van der Waals surface area contributed by atoms with Crippen molar-refractivity contribution < 1.29 is 0 Å². The number of thiophene rings is 1. The first kappa shape index (κ1) is 12.3. The van der Waals surface area contributed by atoms with E-state index in [0.29, 0.717) is 6.04 Å². The summed E-state index contributed by atoms with van der Waals surface area (Å²) in [7, 11) is 2.01. The molecule has 0 amide bonds. The average molecular weight is 245 g/mol. The summed E-state index contributed by atoms with van der Waals surface area (Å²) in [6.45, 7) is 6.52. The Morgan fingerprint density at radius 3 is 2.35 bits per heavy atom. The first-order valence-corrected chi connectivity index (χ1v) is 6.78. The third-order valence-corrected chi connectivity index (χ3v) is 4.58. The second-order valence-corrected chi connectivity index (χ2v) is 5.62. The van der Waals surface area contributed by atoms with Crippen LogP contribution in [0.5, 0.6) is 0 Å². The van der Waals surface area contributed by atoms with Crippen LogP contribution in [0.25, 0.3) is 10.4 Å². The molecule has 0 fully saturated rings. The van der Waals surface area contributed by atoms with Crippen LogP contribution in [-0.4, -0.2) is 7.05 Å². The molecule has 0 saturated heterocycles. The Hall–Kier alpha value is -1.12. The molecule has 1 unspecified atom stereocenters. The van der Waals surface area contributed by atoms with E-state index in [0.717, 1.165) is 0 Å². The van der Waals surface area contributed by atoms with Gasteiger partial charge in [0, 0.05) is 15.8 Å². The van der Waals surface area contributed by atoms with Crippen molar-refractivity contribution in [3.63, 3.8) is 0 Å². The van der Waals surface area contributed by atoms with E-state index >= 15 is 0 Å². The molecule has 2 heteroatoms. The van der Waals surface area contributed by atoms with Gasteiger partial charge in [0.15, 0.2) is 0 Å². The monoisotopic (exact) mass is 245 g/mol. The van der Waals surface area contributed by atoms with Crippen molar-refractivity contribution in [2.75, 3.05) is 7.05 Å². The van der Waals surface area contributed by atoms with Crippen LogP contribution in [0.2, 0.25) is 0 Å². The second-order valence-electron chi connectivity index (χ2n) is 4.54. The zero-order chi connectivity index (χ0) is 12.4. The lowest BCUT2D eigenvalue weighted by Crippen LogP contribution is -2.10. The molecule has 0 spiro atoms. The van der Waals surface area contributed by atoms with Crippen LogP contribution < -0.4 is 5.32 Å². The maximum absolute atomic E-state index is 3.29. The SMILES string of the molecule is CNC(C)c1cc(C)c(-c2ccc(C)cc2)s1. The lowest BCUT2D eigenvalue weighted by atomic mass is 10.1. The molecule has 17 heavy (non-hydrogen) atoms. The van der Waals surface area contributed by atoms with Crippen molar-refractivity contribution >= 4 is 11.3 Å². The summed E-state index contributed by atoms with van der Waals surface area (Å²) in [5.74, 6) is 0. The third kappa shape index (κ3) is 2.59. The van der Waals surface area contributed by atoms with E-state index in [4.69, 9.17) is 0 Å². The summed E-state index contributed by atoms with van der Waals surface area (Å²) in [5, 5.41) is 3.29. The predicted octanol–water partition coefficient (Wildman–Crippen LogP) is 4.31. The van der Waals surface area contributed by atoms with Gasteiger partial charge in [-0.05, 0) is 45.0 Å². The fraction of sp³-hybridized carbons (Fsp3) is 0.333. The number of hydrogen-bond acceptors (Lipinski definition) is 2. The highest BCUT2D eigenvalue weighted by atomic mass is 32.1. The molecule has 1 N–H and O–H groups in total. The van der Waals surface area contributed by atoms with Gasteiger partial charge in [0.25, 0.3) is 0 Å². The number of nitrogens with one attached hydrogen (secondary N) is 1. The molecule has 0 saturated carbocycles. The highest BCUT2D eigenvalue weighted by molar-refractivity contribution is 7.15. The Labute approximate surface area is 108 Å². The fourth-order valence-corrected chi connectivity index (χ4v) is 3.09. The van der Waals surface area contributed by atoms with Crippen LogP contribution >= 0.6 is 11.3 Å². The minimum Gasteiger partial charge on any atom is -0.313 e. The summed E-state index contributed by atoms with van der Waals surface area (Å²) < 4.78 is 0. The fourth-order valence-electron chi connectivity index (χ4n) is 1.85. The van der Waals surface area contributed by atoms with Gasteiger partial charge in [-0.15, -0.1) is 11.3 Å². The molecule has 1 aromatic carbocycles. The zero-order valence-corrected chi connectivity index (χ0v) is 11.7. The van der Waals surface area contributed by atoms with Gasteiger partial charge in [-0.3, -0.25) is 0 Å². The normalized spacial score (nSPS) is 12.7. The Morgan fingerprint density at radius 2 is 1.76 bits per heavy atom. The first-order chi connectivity index (χ1) is 8.11. The Balaban J connectivity index is 2.39. The molecule has 0 aliphatic heterocycles. The first-order valence-electron chi connectivity index (χ1n) is 5.96. The maximum Gasteiger partial charge on any atom is 0.0383 e. The highest BCUT2D eigenvalue weighted by Gasteiger charge is 2.11. The van der Waals surface area contributed by atoms with E-state index in [1.165, 1.54) is 26.4 Å². The summed E-state index contributed by atoms with van der Waals surface area (Å²) in [4.78, 5) is 2.79. The molecule has 2 aromatic rings. The quantitative estimate of drug-likeness (QED) is 0.849. The predicted molar refractivity (Wildman–Crippen MR) is 76.7 cm³/mol. The summed E-state index contributed by atoms with van der Waals surface area (Å²) in [5.41, 5.74) is 4.01. The molecule has 0 bridgehead atoms. The van der Waals surface area contributed by atoms with Gasteiger partial charge < -0.3 is 5.32 Å². The van der Waals surface area contributed by atoms with Crippen LogP contribution in [0.15, 0.2) is 30.3 Å². The highest BCUT2D eigenvalue weighted by Crippen LogP contribution is 2.35. The Kier molecular flexibility index (Phi) is 3.65. The number of rotatable bonds is 3. The molecule has 0 radical (unpaired) electrons. The molecule has 0 aliphatic carbocycles. The maximum atomic E-state index is 3.29. The largest absolute Gasteiger partial charge is 0.313 e. The molecule has 1 aromatic heterocycles. The van der Waals surface area contributed by atoms with Crippen LogP contribution in [0.4, 0.5) is 0 Å². The standard InChI is InChI=1S/C15H19NS/c1-10-5-7-13(8-6-10)15-11(2)9-14(17-15)12(3)16-4/h5-9,12,16H,1-4H3. The van der Waals surface area contributed by atoms with Gasteiger partial charge in [0.05, 0.1) is 0 Å². The van der Waals surface area contributed by atoms with Crippen molar-refractivity contribution in [1.29, 1.82) is 0 Å².